The van der Waals surface area contributed by atoms with E-state index in [1.54, 1.807) is 4.68 Å². The molecular weight excluding hydrogens is 340 g/mol. The van der Waals surface area contributed by atoms with Crippen LogP contribution in [0.5, 0.6) is 5.75 Å². The zero-order chi connectivity index (χ0) is 18.5. The van der Waals surface area contributed by atoms with Crippen molar-refractivity contribution in [3.63, 3.8) is 0 Å². The lowest BCUT2D eigenvalue weighted by molar-refractivity contribution is -0.147. The van der Waals surface area contributed by atoms with Gasteiger partial charge in [-0.15, -0.1) is 0 Å². The smallest absolute Gasteiger partial charge is 0.344 e. The summed E-state index contributed by atoms with van der Waals surface area (Å²) in [5.74, 6) is 0.205. The molecule has 4 rings (SSSR count). The van der Waals surface area contributed by atoms with Gasteiger partial charge in [0.05, 0.1) is 5.69 Å². The zero-order valence-electron chi connectivity index (χ0n) is 14.6. The Kier molecular flexibility index (Phi) is 4.83. The average molecular weight is 358 g/mol. The minimum absolute atomic E-state index is 0.111. The molecule has 1 heterocycles. The lowest BCUT2D eigenvalue weighted by Gasteiger charge is -2.07. The van der Waals surface area contributed by atoms with Gasteiger partial charge in [0.15, 0.2) is 6.61 Å². The molecule has 0 bridgehead atoms. The molecule has 5 heteroatoms. The summed E-state index contributed by atoms with van der Waals surface area (Å²) in [6.45, 7) is -0.0303. The number of benzene rings is 3. The number of carbonyl (C=O) groups excluding carboxylic acids is 1. The van der Waals surface area contributed by atoms with E-state index in [-0.39, 0.29) is 13.2 Å². The number of nitrogens with zero attached hydrogens (tertiary/aromatic N) is 2. The Morgan fingerprint density at radius 3 is 2.52 bits per heavy atom. The van der Waals surface area contributed by atoms with Crippen LogP contribution in [0.15, 0.2) is 85.1 Å². The van der Waals surface area contributed by atoms with Crippen LogP contribution in [-0.2, 0) is 16.1 Å². The van der Waals surface area contributed by atoms with Crippen molar-refractivity contribution in [3.8, 4) is 11.4 Å². The van der Waals surface area contributed by atoms with Gasteiger partial charge < -0.3 is 9.47 Å². The predicted molar refractivity (Wildman–Crippen MR) is 103 cm³/mol. The minimum atomic E-state index is -0.433. The molecule has 0 N–H and O–H groups in total. The number of carbonyl (C=O) groups is 1. The third kappa shape index (κ3) is 4.15. The second-order valence-electron chi connectivity index (χ2n) is 6.05. The fraction of sp³-hybridized carbons (Fsp3) is 0.0909. The molecule has 0 atom stereocenters. The molecule has 0 unspecified atom stereocenters. The van der Waals surface area contributed by atoms with Crippen LogP contribution in [0.4, 0.5) is 0 Å². The summed E-state index contributed by atoms with van der Waals surface area (Å²) in [6, 6.07) is 25.3. The highest BCUT2D eigenvalue weighted by atomic mass is 16.6. The second kappa shape index (κ2) is 7.74. The van der Waals surface area contributed by atoms with Crippen LogP contribution in [0, 0.1) is 0 Å². The Morgan fingerprint density at radius 1 is 0.889 bits per heavy atom. The number of para-hydroxylation sites is 1. The van der Waals surface area contributed by atoms with E-state index in [0.717, 1.165) is 16.5 Å². The molecule has 0 aliphatic carbocycles. The molecule has 0 saturated carbocycles. The molecule has 3 aromatic carbocycles. The van der Waals surface area contributed by atoms with Gasteiger partial charge in [0.25, 0.3) is 0 Å². The fourth-order valence-corrected chi connectivity index (χ4v) is 2.76. The highest BCUT2D eigenvalue weighted by Gasteiger charge is 2.08. The molecule has 0 spiro atoms. The number of rotatable bonds is 6. The van der Waals surface area contributed by atoms with E-state index >= 15 is 0 Å². The highest BCUT2D eigenvalue weighted by molar-refractivity contribution is 5.83. The molecular formula is C22H18N2O3. The van der Waals surface area contributed by atoms with Crippen LogP contribution < -0.4 is 4.74 Å². The molecule has 27 heavy (non-hydrogen) atoms. The van der Waals surface area contributed by atoms with Crippen LogP contribution in [0.25, 0.3) is 16.5 Å². The van der Waals surface area contributed by atoms with Crippen molar-refractivity contribution in [1.29, 1.82) is 0 Å². The summed E-state index contributed by atoms with van der Waals surface area (Å²) in [7, 11) is 0. The lowest BCUT2D eigenvalue weighted by Crippen LogP contribution is -2.15. The first-order valence-electron chi connectivity index (χ1n) is 8.65. The number of esters is 1. The summed E-state index contributed by atoms with van der Waals surface area (Å²) < 4.78 is 12.5. The Bertz CT molecular complexity index is 1060. The van der Waals surface area contributed by atoms with Gasteiger partial charge >= 0.3 is 5.97 Å². The molecule has 134 valence electrons. The van der Waals surface area contributed by atoms with Gasteiger partial charge in [-0.2, -0.15) is 5.10 Å². The van der Waals surface area contributed by atoms with Crippen LogP contribution in [0.1, 0.15) is 5.69 Å². The van der Waals surface area contributed by atoms with Crippen molar-refractivity contribution in [1.82, 2.24) is 9.78 Å². The van der Waals surface area contributed by atoms with E-state index in [0.29, 0.717) is 11.4 Å². The summed E-state index contributed by atoms with van der Waals surface area (Å²) in [5.41, 5.74) is 1.63. The van der Waals surface area contributed by atoms with Gasteiger partial charge in [0.1, 0.15) is 18.1 Å². The van der Waals surface area contributed by atoms with Crippen molar-refractivity contribution in [2.45, 2.75) is 6.61 Å². The van der Waals surface area contributed by atoms with Gasteiger partial charge in [0.2, 0.25) is 0 Å². The topological polar surface area (TPSA) is 53.4 Å². The summed E-state index contributed by atoms with van der Waals surface area (Å²) in [5, 5.41) is 6.59. The van der Waals surface area contributed by atoms with Crippen LogP contribution >= 0.6 is 0 Å². The van der Waals surface area contributed by atoms with E-state index in [1.807, 2.05) is 85.1 Å². The Balaban J connectivity index is 1.30. The number of hydrogen-bond acceptors (Lipinski definition) is 4. The van der Waals surface area contributed by atoms with Gasteiger partial charge in [-0.25, -0.2) is 9.48 Å². The van der Waals surface area contributed by atoms with Gasteiger partial charge in [-0.05, 0) is 41.1 Å². The van der Waals surface area contributed by atoms with Crippen LogP contribution in [0.2, 0.25) is 0 Å². The van der Waals surface area contributed by atoms with E-state index in [1.165, 1.54) is 0 Å². The number of hydrogen-bond donors (Lipinski definition) is 0. The SMILES string of the molecule is O=C(COc1ccc2ccccc2c1)OCc1ccn(-c2ccccc2)n1. The Morgan fingerprint density at radius 2 is 1.67 bits per heavy atom. The summed E-state index contributed by atoms with van der Waals surface area (Å²) in [4.78, 5) is 11.9. The Hall–Kier alpha value is -3.60. The minimum Gasteiger partial charge on any atom is -0.482 e. The first-order valence-corrected chi connectivity index (χ1v) is 8.65. The lowest BCUT2D eigenvalue weighted by atomic mass is 10.1. The van der Waals surface area contributed by atoms with Crippen LogP contribution in [-0.4, -0.2) is 22.4 Å². The largest absolute Gasteiger partial charge is 0.482 e. The molecule has 0 fully saturated rings. The Labute approximate surface area is 156 Å². The molecule has 5 nitrogen and oxygen atoms in total. The zero-order valence-corrected chi connectivity index (χ0v) is 14.6. The predicted octanol–water partition coefficient (Wildman–Crippen LogP) is 4.15. The number of ether oxygens (including phenoxy) is 2. The average Bonchev–Trinajstić information content (AvgIpc) is 3.20. The van der Waals surface area contributed by atoms with Gasteiger partial charge in [-0.3, -0.25) is 0 Å². The maximum Gasteiger partial charge on any atom is 0.344 e. The van der Waals surface area contributed by atoms with Crippen molar-refractivity contribution < 1.29 is 14.3 Å². The van der Waals surface area contributed by atoms with Crippen molar-refractivity contribution in [2.24, 2.45) is 0 Å². The summed E-state index contributed by atoms with van der Waals surface area (Å²) in [6.07, 6.45) is 1.84. The van der Waals surface area contributed by atoms with E-state index in [9.17, 15) is 4.79 Å². The monoisotopic (exact) mass is 358 g/mol. The first kappa shape index (κ1) is 16.8. The fourth-order valence-electron chi connectivity index (χ4n) is 2.76. The first-order chi connectivity index (χ1) is 13.3. The molecule has 0 aliphatic rings. The maximum atomic E-state index is 11.9. The second-order valence-corrected chi connectivity index (χ2v) is 6.05. The third-order valence-corrected chi connectivity index (χ3v) is 4.12. The third-order valence-electron chi connectivity index (χ3n) is 4.12. The maximum absolute atomic E-state index is 11.9. The van der Waals surface area contributed by atoms with E-state index in [4.69, 9.17) is 9.47 Å². The quantitative estimate of drug-likeness (QED) is 0.486. The molecule has 0 aliphatic heterocycles. The van der Waals surface area contributed by atoms with Gasteiger partial charge in [0, 0.05) is 6.20 Å². The van der Waals surface area contributed by atoms with E-state index in [2.05, 4.69) is 5.10 Å². The molecule has 0 saturated heterocycles. The molecule has 0 radical (unpaired) electrons. The van der Waals surface area contributed by atoms with Crippen molar-refractivity contribution in [2.75, 3.05) is 6.61 Å². The molecule has 4 aromatic rings. The standard InChI is InChI=1S/C22H18N2O3/c25-22(16-26-21-11-10-17-6-4-5-7-18(17)14-21)27-15-19-12-13-24(23-19)20-8-2-1-3-9-20/h1-14H,15-16H2. The number of fused-ring (bicyclic) bond motifs is 1. The number of aromatic nitrogens is 2. The van der Waals surface area contributed by atoms with Crippen LogP contribution in [0.3, 0.4) is 0 Å². The van der Waals surface area contributed by atoms with Crippen molar-refractivity contribution in [3.05, 3.63) is 90.8 Å². The van der Waals surface area contributed by atoms with Crippen molar-refractivity contribution >= 4 is 16.7 Å². The molecule has 0 amide bonds. The summed E-state index contributed by atoms with van der Waals surface area (Å²) >= 11 is 0. The van der Waals surface area contributed by atoms with Gasteiger partial charge in [-0.1, -0.05) is 48.5 Å². The highest BCUT2D eigenvalue weighted by Crippen LogP contribution is 2.20. The van der Waals surface area contributed by atoms with E-state index < -0.39 is 5.97 Å². The molecule has 1 aromatic heterocycles. The normalized spacial score (nSPS) is 10.7.